The second-order valence-electron chi connectivity index (χ2n) is 7.26. The average molecular weight is 406 g/mol. The van der Waals surface area contributed by atoms with Gasteiger partial charge in [0.2, 0.25) is 11.8 Å². The van der Waals surface area contributed by atoms with E-state index in [1.165, 1.54) is 0 Å². The maximum atomic E-state index is 13.0. The van der Waals surface area contributed by atoms with Crippen molar-refractivity contribution in [1.29, 1.82) is 0 Å². The number of nitrogens with one attached hydrogen (secondary N) is 3. The molecule has 0 saturated carbocycles. The van der Waals surface area contributed by atoms with Crippen molar-refractivity contribution in [2.24, 2.45) is 5.92 Å². The lowest BCUT2D eigenvalue weighted by Gasteiger charge is -2.36. The fraction of sp³-hybridized carbons (Fsp3) is 0.450. The Morgan fingerprint density at radius 1 is 1.21 bits per heavy atom. The third-order valence-corrected chi connectivity index (χ3v) is 5.00. The van der Waals surface area contributed by atoms with Gasteiger partial charge in [-0.2, -0.15) is 5.10 Å². The minimum atomic E-state index is -0.639. The van der Waals surface area contributed by atoms with E-state index in [4.69, 9.17) is 0 Å². The van der Waals surface area contributed by atoms with Crippen LogP contribution in [0.15, 0.2) is 42.7 Å². The molecule has 2 amide bonds. The van der Waals surface area contributed by atoms with E-state index in [-0.39, 0.29) is 30.1 Å². The highest BCUT2D eigenvalue weighted by Crippen LogP contribution is 2.27. The quantitative estimate of drug-likeness (QED) is 0.688. The van der Waals surface area contributed by atoms with Gasteiger partial charge in [0.05, 0.1) is 0 Å². The van der Waals surface area contributed by atoms with Crippen molar-refractivity contribution in [1.82, 2.24) is 20.4 Å². The molecule has 3 N–H and O–H groups in total. The molecule has 152 valence electrons. The SMILES string of the molecule is CC(C)C(=O)Nc1ccc(CNC(=O)C2(n3cccn3)CCNCC2)cc1.Cl. The number of piperidine rings is 1. The Labute approximate surface area is 171 Å². The predicted octanol–water partition coefficient (Wildman–Crippen LogP) is 2.29. The molecule has 1 aliphatic rings. The fourth-order valence-electron chi connectivity index (χ4n) is 3.26. The highest BCUT2D eigenvalue weighted by molar-refractivity contribution is 5.92. The molecule has 2 aromatic rings. The van der Waals surface area contributed by atoms with Crippen LogP contribution in [0.1, 0.15) is 32.3 Å². The number of benzene rings is 1. The molecule has 0 aliphatic carbocycles. The summed E-state index contributed by atoms with van der Waals surface area (Å²) in [5, 5.41) is 13.6. The minimum absolute atomic E-state index is 0. The van der Waals surface area contributed by atoms with Crippen molar-refractivity contribution >= 4 is 29.9 Å². The smallest absolute Gasteiger partial charge is 0.248 e. The molecule has 0 radical (unpaired) electrons. The van der Waals surface area contributed by atoms with Crippen molar-refractivity contribution in [3.8, 4) is 0 Å². The maximum Gasteiger partial charge on any atom is 0.248 e. The van der Waals surface area contributed by atoms with Crippen LogP contribution in [-0.4, -0.2) is 34.7 Å². The average Bonchev–Trinajstić information content (AvgIpc) is 3.23. The third kappa shape index (κ3) is 4.91. The van der Waals surface area contributed by atoms with Crippen LogP contribution in [0.25, 0.3) is 0 Å². The predicted molar refractivity (Wildman–Crippen MR) is 111 cm³/mol. The summed E-state index contributed by atoms with van der Waals surface area (Å²) in [7, 11) is 0. The number of hydrogen-bond donors (Lipinski definition) is 3. The van der Waals surface area contributed by atoms with Crippen LogP contribution >= 0.6 is 12.4 Å². The van der Waals surface area contributed by atoms with E-state index in [9.17, 15) is 9.59 Å². The third-order valence-electron chi connectivity index (χ3n) is 5.00. The number of hydrogen-bond acceptors (Lipinski definition) is 4. The van der Waals surface area contributed by atoms with Crippen LogP contribution in [-0.2, 0) is 21.7 Å². The van der Waals surface area contributed by atoms with E-state index in [1.54, 1.807) is 10.9 Å². The number of nitrogens with zero attached hydrogens (tertiary/aromatic N) is 2. The van der Waals surface area contributed by atoms with Gasteiger partial charge in [-0.1, -0.05) is 26.0 Å². The summed E-state index contributed by atoms with van der Waals surface area (Å²) in [5.41, 5.74) is 1.10. The minimum Gasteiger partial charge on any atom is -0.350 e. The van der Waals surface area contributed by atoms with E-state index in [0.29, 0.717) is 19.4 Å². The summed E-state index contributed by atoms with van der Waals surface area (Å²) in [6.45, 7) is 5.73. The Morgan fingerprint density at radius 3 is 2.46 bits per heavy atom. The first-order chi connectivity index (χ1) is 13.0. The molecule has 28 heavy (non-hydrogen) atoms. The molecular formula is C20H28ClN5O2. The molecule has 1 aromatic carbocycles. The molecule has 0 bridgehead atoms. The number of rotatable bonds is 6. The molecule has 3 rings (SSSR count). The lowest BCUT2D eigenvalue weighted by molar-refractivity contribution is -0.132. The van der Waals surface area contributed by atoms with E-state index in [2.05, 4.69) is 21.0 Å². The first-order valence-corrected chi connectivity index (χ1v) is 9.40. The van der Waals surface area contributed by atoms with Gasteiger partial charge in [-0.05, 0) is 49.7 Å². The van der Waals surface area contributed by atoms with Gasteiger partial charge < -0.3 is 16.0 Å². The molecule has 2 heterocycles. The van der Waals surface area contributed by atoms with Gasteiger partial charge in [0.15, 0.2) is 0 Å². The van der Waals surface area contributed by atoms with Crippen LogP contribution in [0.5, 0.6) is 0 Å². The van der Waals surface area contributed by atoms with E-state index in [0.717, 1.165) is 24.3 Å². The van der Waals surface area contributed by atoms with E-state index < -0.39 is 5.54 Å². The normalized spacial score (nSPS) is 15.5. The van der Waals surface area contributed by atoms with Crippen molar-refractivity contribution in [2.75, 3.05) is 18.4 Å². The molecule has 1 aromatic heterocycles. The lowest BCUT2D eigenvalue weighted by atomic mass is 9.87. The van der Waals surface area contributed by atoms with E-state index >= 15 is 0 Å². The molecule has 1 fully saturated rings. The summed E-state index contributed by atoms with van der Waals surface area (Å²) in [4.78, 5) is 24.8. The molecule has 1 aliphatic heterocycles. The number of aromatic nitrogens is 2. The molecule has 7 nitrogen and oxygen atoms in total. The molecule has 0 spiro atoms. The van der Waals surface area contributed by atoms with Gasteiger partial charge in [-0.15, -0.1) is 12.4 Å². The number of carbonyl (C=O) groups is 2. The van der Waals surface area contributed by atoms with Gasteiger partial charge in [-0.3, -0.25) is 14.3 Å². The molecule has 8 heteroatoms. The monoisotopic (exact) mass is 405 g/mol. The van der Waals surface area contributed by atoms with Crippen LogP contribution in [0.2, 0.25) is 0 Å². The van der Waals surface area contributed by atoms with Crippen molar-refractivity contribution in [3.63, 3.8) is 0 Å². The van der Waals surface area contributed by atoms with Gasteiger partial charge in [0, 0.05) is 30.5 Å². The van der Waals surface area contributed by atoms with Gasteiger partial charge in [-0.25, -0.2) is 0 Å². The Hall–Kier alpha value is -2.38. The number of carbonyl (C=O) groups excluding carboxylic acids is 2. The first kappa shape index (κ1) is 21.9. The number of anilines is 1. The highest BCUT2D eigenvalue weighted by atomic mass is 35.5. The van der Waals surface area contributed by atoms with Gasteiger partial charge in [0.1, 0.15) is 5.54 Å². The van der Waals surface area contributed by atoms with Gasteiger partial charge in [0.25, 0.3) is 0 Å². The van der Waals surface area contributed by atoms with Gasteiger partial charge >= 0.3 is 0 Å². The fourth-order valence-corrected chi connectivity index (χ4v) is 3.26. The lowest BCUT2D eigenvalue weighted by Crippen LogP contribution is -2.54. The maximum absolute atomic E-state index is 13.0. The molecule has 0 unspecified atom stereocenters. The molecule has 1 saturated heterocycles. The van der Waals surface area contributed by atoms with Crippen LogP contribution in [0.3, 0.4) is 0 Å². The highest BCUT2D eigenvalue weighted by Gasteiger charge is 2.41. The van der Waals surface area contributed by atoms with E-state index in [1.807, 2.05) is 50.4 Å². The van der Waals surface area contributed by atoms with Crippen LogP contribution in [0.4, 0.5) is 5.69 Å². The summed E-state index contributed by atoms with van der Waals surface area (Å²) >= 11 is 0. The zero-order valence-corrected chi connectivity index (χ0v) is 17.1. The zero-order chi connectivity index (χ0) is 19.3. The first-order valence-electron chi connectivity index (χ1n) is 9.40. The standard InChI is InChI=1S/C20H27N5O2.ClH/c1-15(2)18(26)24-17-6-4-16(5-7-17)14-22-19(27)20(8-11-21-12-9-20)25-13-3-10-23-25;/h3-7,10,13,15,21H,8-9,11-12,14H2,1-2H3,(H,22,27)(H,24,26);1H. The van der Waals surface area contributed by atoms with Crippen molar-refractivity contribution in [2.45, 2.75) is 38.8 Å². The van der Waals surface area contributed by atoms with Crippen LogP contribution < -0.4 is 16.0 Å². The Balaban J connectivity index is 0.00000280. The van der Waals surface area contributed by atoms with Crippen molar-refractivity contribution in [3.05, 3.63) is 48.3 Å². The van der Waals surface area contributed by atoms with Crippen LogP contribution in [0, 0.1) is 5.92 Å². The summed E-state index contributed by atoms with van der Waals surface area (Å²) in [5.74, 6) is -0.0829. The Morgan fingerprint density at radius 2 is 1.89 bits per heavy atom. The Kier molecular flexibility index (Phi) is 7.60. The number of amides is 2. The second-order valence-corrected chi connectivity index (χ2v) is 7.26. The molecular weight excluding hydrogens is 378 g/mol. The number of halogens is 1. The second kappa shape index (κ2) is 9.71. The summed E-state index contributed by atoms with van der Waals surface area (Å²) < 4.78 is 1.79. The topological polar surface area (TPSA) is 88.1 Å². The zero-order valence-electron chi connectivity index (χ0n) is 16.3. The largest absolute Gasteiger partial charge is 0.350 e. The summed E-state index contributed by atoms with van der Waals surface area (Å²) in [6, 6.07) is 9.39. The Bertz CT molecular complexity index is 768. The summed E-state index contributed by atoms with van der Waals surface area (Å²) in [6.07, 6.45) is 4.99. The van der Waals surface area contributed by atoms with Crippen molar-refractivity contribution < 1.29 is 9.59 Å². The molecule has 0 atom stereocenters.